The van der Waals surface area contributed by atoms with Crippen LogP contribution in [0.5, 0.6) is 0 Å². The second-order valence-electron chi connectivity index (χ2n) is 8.00. The van der Waals surface area contributed by atoms with Crippen LogP contribution in [0.15, 0.2) is 12.1 Å². The molecule has 0 aliphatic carbocycles. The van der Waals surface area contributed by atoms with Crippen LogP contribution >= 0.6 is 0 Å². The molecular weight excluding hydrogens is 479 g/mol. The molecule has 34 heavy (non-hydrogen) atoms. The normalized spacial score (nSPS) is 17.1. The Morgan fingerprint density at radius 1 is 1.29 bits per heavy atom. The van der Waals surface area contributed by atoms with Gasteiger partial charge in [-0.05, 0) is 37.8 Å². The van der Waals surface area contributed by atoms with Crippen molar-refractivity contribution in [1.29, 1.82) is 0 Å². The molecule has 2 aromatic heterocycles. The Hall–Kier alpha value is -2.74. The van der Waals surface area contributed by atoms with Crippen molar-refractivity contribution < 1.29 is 35.3 Å². The Balaban J connectivity index is 1.92. The predicted octanol–water partition coefficient (Wildman–Crippen LogP) is 2.54. The van der Waals surface area contributed by atoms with E-state index in [1.807, 2.05) is 0 Å². The summed E-state index contributed by atoms with van der Waals surface area (Å²) in [6.07, 6.45) is -2.42. The van der Waals surface area contributed by atoms with Gasteiger partial charge in [0.2, 0.25) is 0 Å². The van der Waals surface area contributed by atoms with E-state index in [1.54, 1.807) is 11.8 Å². The van der Waals surface area contributed by atoms with E-state index in [0.717, 1.165) is 6.26 Å². The second-order valence-corrected chi connectivity index (χ2v) is 9.64. The fourth-order valence-corrected chi connectivity index (χ4v) is 4.18. The first-order valence-corrected chi connectivity index (χ1v) is 12.4. The van der Waals surface area contributed by atoms with Crippen molar-refractivity contribution in [2.45, 2.75) is 39.0 Å². The minimum absolute atomic E-state index is 0.0120. The Kier molecular flexibility index (Phi) is 7.81. The number of hydrogen-bond donors (Lipinski definition) is 0. The van der Waals surface area contributed by atoms with Crippen LogP contribution in [-0.2, 0) is 43.7 Å². The van der Waals surface area contributed by atoms with Crippen molar-refractivity contribution in [1.82, 2.24) is 20.0 Å². The Bertz CT molecular complexity index is 1140. The molecule has 1 aliphatic heterocycles. The first kappa shape index (κ1) is 25.9. The van der Waals surface area contributed by atoms with E-state index in [-0.39, 0.29) is 54.2 Å². The van der Waals surface area contributed by atoms with Gasteiger partial charge in [-0.2, -0.15) is 21.6 Å². The molecule has 0 amide bonds. The Labute approximate surface area is 195 Å². The van der Waals surface area contributed by atoms with Crippen molar-refractivity contribution in [3.8, 4) is 11.4 Å². The van der Waals surface area contributed by atoms with Crippen molar-refractivity contribution in [2.24, 2.45) is 13.0 Å². The number of anilines is 1. The van der Waals surface area contributed by atoms with E-state index >= 15 is 0 Å². The molecule has 14 heteroatoms. The average molecular weight is 506 g/mol. The number of pyridine rings is 1. The fraction of sp³-hybridized carbons (Fsp3) is 0.600. The third-order valence-corrected chi connectivity index (χ3v) is 5.90. The molecule has 10 nitrogen and oxygen atoms in total. The molecule has 1 fully saturated rings. The smallest absolute Gasteiger partial charge is 0.435 e. The molecule has 0 unspecified atom stereocenters. The lowest BCUT2D eigenvalue weighted by atomic mass is 9.94. The van der Waals surface area contributed by atoms with Crippen molar-refractivity contribution in [3.05, 3.63) is 23.5 Å². The molecule has 1 aliphatic rings. The highest BCUT2D eigenvalue weighted by atomic mass is 32.2. The zero-order chi connectivity index (χ0) is 25.1. The zero-order valence-electron chi connectivity index (χ0n) is 19.0. The van der Waals surface area contributed by atoms with Gasteiger partial charge in [0.05, 0.1) is 36.4 Å². The Morgan fingerprint density at radius 3 is 2.68 bits per heavy atom. The van der Waals surface area contributed by atoms with E-state index in [9.17, 15) is 26.4 Å². The molecule has 2 aromatic rings. The number of aromatic nitrogens is 4. The quantitative estimate of drug-likeness (QED) is 0.394. The van der Waals surface area contributed by atoms with Gasteiger partial charge in [-0.1, -0.05) is 5.21 Å². The number of rotatable bonds is 8. The molecule has 188 valence electrons. The minimum Gasteiger partial charge on any atom is -0.466 e. The van der Waals surface area contributed by atoms with E-state index in [2.05, 4.69) is 15.3 Å². The van der Waals surface area contributed by atoms with Crippen LogP contribution in [0.3, 0.4) is 0 Å². The number of alkyl halides is 3. The molecule has 0 N–H and O–H groups in total. The van der Waals surface area contributed by atoms with Gasteiger partial charge in [0.25, 0.3) is 10.1 Å². The number of carbonyl (C=O) groups is 1. The van der Waals surface area contributed by atoms with E-state index < -0.39 is 28.6 Å². The summed E-state index contributed by atoms with van der Waals surface area (Å²) in [6.45, 7) is 2.15. The average Bonchev–Trinajstić information content (AvgIpc) is 3.11. The molecule has 0 saturated carbocycles. The summed E-state index contributed by atoms with van der Waals surface area (Å²) in [4.78, 5) is 17.3. The van der Waals surface area contributed by atoms with Gasteiger partial charge in [0.1, 0.15) is 12.3 Å². The molecule has 3 heterocycles. The maximum Gasteiger partial charge on any atom is 0.435 e. The topological polar surface area (TPSA) is 117 Å². The number of hydrogen-bond acceptors (Lipinski definition) is 9. The van der Waals surface area contributed by atoms with Gasteiger partial charge in [-0.15, -0.1) is 5.10 Å². The predicted molar refractivity (Wildman–Crippen MR) is 115 cm³/mol. The summed E-state index contributed by atoms with van der Waals surface area (Å²) in [5.41, 5.74) is -1.16. The van der Waals surface area contributed by atoms with Crippen LogP contribution in [0, 0.1) is 5.92 Å². The molecule has 0 radical (unpaired) electrons. The van der Waals surface area contributed by atoms with Crippen LogP contribution in [0.2, 0.25) is 0 Å². The Morgan fingerprint density at radius 2 is 2.03 bits per heavy atom. The van der Waals surface area contributed by atoms with E-state index in [4.69, 9.17) is 8.92 Å². The monoisotopic (exact) mass is 505 g/mol. The highest BCUT2D eigenvalue weighted by Gasteiger charge is 2.39. The van der Waals surface area contributed by atoms with Crippen molar-refractivity contribution in [2.75, 3.05) is 30.9 Å². The van der Waals surface area contributed by atoms with Crippen molar-refractivity contribution >= 4 is 21.8 Å². The third-order valence-electron chi connectivity index (χ3n) is 5.36. The minimum atomic E-state index is -4.76. The third kappa shape index (κ3) is 6.44. The fourth-order valence-electron chi connectivity index (χ4n) is 3.85. The maximum absolute atomic E-state index is 14.0. The highest BCUT2D eigenvalue weighted by molar-refractivity contribution is 7.85. The highest BCUT2D eigenvalue weighted by Crippen LogP contribution is 2.38. The van der Waals surface area contributed by atoms with Crippen LogP contribution in [0.25, 0.3) is 11.4 Å². The van der Waals surface area contributed by atoms with Crippen LogP contribution < -0.4 is 4.90 Å². The largest absolute Gasteiger partial charge is 0.466 e. The maximum atomic E-state index is 14.0. The number of ether oxygens (including phenoxy) is 1. The first-order valence-electron chi connectivity index (χ1n) is 10.6. The van der Waals surface area contributed by atoms with Crippen molar-refractivity contribution in [3.63, 3.8) is 0 Å². The summed E-state index contributed by atoms with van der Waals surface area (Å²) in [6, 6.07) is 2.70. The van der Waals surface area contributed by atoms with Gasteiger partial charge in [0.15, 0.2) is 5.69 Å². The number of halogens is 3. The molecular formula is C20H26F3N5O5S. The molecule has 3 rings (SSSR count). The van der Waals surface area contributed by atoms with Crippen LogP contribution in [0.4, 0.5) is 18.9 Å². The standard InChI is InChI=1S/C20H26F3N5O5S/c1-4-32-17(29)10-13-6-5-9-28(11-13)15-8-7-14(24-19(15)20(21,22)23)18-16(27(2)26-25-18)12-33-34(3,30)31/h7-8,13H,4-6,9-12H2,1-3H3/t13-/m1/s1. The van der Waals surface area contributed by atoms with Gasteiger partial charge in [0, 0.05) is 20.1 Å². The van der Waals surface area contributed by atoms with E-state index in [1.165, 1.54) is 23.9 Å². The molecule has 0 bridgehead atoms. The lowest BCUT2D eigenvalue weighted by molar-refractivity contribution is -0.144. The summed E-state index contributed by atoms with van der Waals surface area (Å²) >= 11 is 0. The summed E-state index contributed by atoms with van der Waals surface area (Å²) in [7, 11) is -2.33. The van der Waals surface area contributed by atoms with E-state index in [0.29, 0.717) is 19.4 Å². The zero-order valence-corrected chi connectivity index (χ0v) is 19.8. The lowest BCUT2D eigenvalue weighted by Crippen LogP contribution is -2.37. The van der Waals surface area contributed by atoms with Crippen LogP contribution in [0.1, 0.15) is 37.6 Å². The molecule has 1 atom stereocenters. The lowest BCUT2D eigenvalue weighted by Gasteiger charge is -2.35. The second kappa shape index (κ2) is 10.3. The molecule has 0 aromatic carbocycles. The molecule has 0 spiro atoms. The van der Waals surface area contributed by atoms with Gasteiger partial charge < -0.3 is 9.64 Å². The SMILES string of the molecule is CCOC(=O)C[C@H]1CCCN(c2ccc(-c3nnn(C)c3COS(C)(=O)=O)nc2C(F)(F)F)C1. The summed E-state index contributed by atoms with van der Waals surface area (Å²) in [5.74, 6) is -0.501. The summed E-state index contributed by atoms with van der Waals surface area (Å²) in [5, 5.41) is 7.62. The number of esters is 1. The number of nitrogens with zero attached hydrogens (tertiary/aromatic N) is 5. The van der Waals surface area contributed by atoms with Gasteiger partial charge >= 0.3 is 12.1 Å². The summed E-state index contributed by atoms with van der Waals surface area (Å²) < 4.78 is 75.7. The van der Waals surface area contributed by atoms with Gasteiger partial charge in [-0.3, -0.25) is 8.98 Å². The number of piperidine rings is 1. The molecule has 1 saturated heterocycles. The van der Waals surface area contributed by atoms with Gasteiger partial charge in [-0.25, -0.2) is 9.67 Å². The number of aryl methyl sites for hydroxylation is 1. The first-order chi connectivity index (χ1) is 15.9. The van der Waals surface area contributed by atoms with Crippen LogP contribution in [-0.4, -0.2) is 60.3 Å². The number of carbonyl (C=O) groups excluding carboxylic acids is 1.